The van der Waals surface area contributed by atoms with E-state index in [2.05, 4.69) is 54.0 Å². The number of benzene rings is 2. The normalized spacial score (nSPS) is 17.6. The van der Waals surface area contributed by atoms with Crippen LogP contribution in [-0.4, -0.2) is 24.2 Å². The first-order valence-electron chi connectivity index (χ1n) is 9.60. The maximum atomic E-state index is 13.2. The monoisotopic (exact) mass is 408 g/mol. The number of hydrogen-bond acceptors (Lipinski definition) is 4. The van der Waals surface area contributed by atoms with Crippen molar-refractivity contribution in [3.63, 3.8) is 0 Å². The van der Waals surface area contributed by atoms with E-state index in [1.54, 1.807) is 11.3 Å². The number of nitrogens with zero attached hydrogens (tertiary/aromatic N) is 1. The molecular formula is C23H24N2OS2. The van der Waals surface area contributed by atoms with Gasteiger partial charge in [-0.25, -0.2) is 0 Å². The van der Waals surface area contributed by atoms with Gasteiger partial charge in [0.1, 0.15) is 0 Å². The predicted molar refractivity (Wildman–Crippen MR) is 119 cm³/mol. The van der Waals surface area contributed by atoms with Gasteiger partial charge < -0.3 is 4.90 Å². The van der Waals surface area contributed by atoms with Gasteiger partial charge >= 0.3 is 0 Å². The summed E-state index contributed by atoms with van der Waals surface area (Å²) in [7, 11) is 0. The molecule has 2 atom stereocenters. The minimum absolute atomic E-state index is 0.0284. The lowest BCUT2D eigenvalue weighted by molar-refractivity contribution is -0.117. The zero-order chi connectivity index (χ0) is 19.3. The fourth-order valence-corrected chi connectivity index (χ4v) is 5.45. The molecule has 1 aromatic heterocycles. The SMILES string of the molecule is C[C@@H]1CCN(C(=O)CN[C@@H](c2ccccc2)c2cccs2)c2ccccc2S1. The maximum absolute atomic E-state index is 13.2. The molecule has 0 unspecified atom stereocenters. The molecule has 0 saturated carbocycles. The van der Waals surface area contributed by atoms with Crippen LogP contribution in [0.5, 0.6) is 0 Å². The highest BCUT2D eigenvalue weighted by atomic mass is 32.2. The summed E-state index contributed by atoms with van der Waals surface area (Å²) >= 11 is 3.58. The third-order valence-corrected chi connectivity index (χ3v) is 7.14. The van der Waals surface area contributed by atoms with Gasteiger partial charge in [0.2, 0.25) is 5.91 Å². The second-order valence-electron chi connectivity index (χ2n) is 6.97. The standard InChI is InChI=1S/C23H24N2OS2/c1-17-13-14-25(19-10-5-6-11-20(19)28-17)22(26)16-24-23(21-12-7-15-27-21)18-8-3-2-4-9-18/h2-12,15,17,23-24H,13-14,16H2,1H3/t17-,23+/m1/s1. The topological polar surface area (TPSA) is 32.3 Å². The van der Waals surface area contributed by atoms with E-state index in [1.165, 1.54) is 15.3 Å². The van der Waals surface area contributed by atoms with E-state index in [4.69, 9.17) is 0 Å². The summed E-state index contributed by atoms with van der Waals surface area (Å²) < 4.78 is 0. The zero-order valence-corrected chi connectivity index (χ0v) is 17.5. The summed E-state index contributed by atoms with van der Waals surface area (Å²) in [6.07, 6.45) is 0.998. The smallest absolute Gasteiger partial charge is 0.240 e. The van der Waals surface area contributed by atoms with Gasteiger partial charge in [-0.3, -0.25) is 10.1 Å². The Morgan fingerprint density at radius 1 is 1.11 bits per heavy atom. The Morgan fingerprint density at radius 2 is 1.89 bits per heavy atom. The number of fused-ring (bicyclic) bond motifs is 1. The molecule has 5 heteroatoms. The van der Waals surface area contributed by atoms with Crippen molar-refractivity contribution in [1.82, 2.24) is 5.32 Å². The molecule has 4 rings (SSSR count). The van der Waals surface area contributed by atoms with Gasteiger partial charge in [-0.15, -0.1) is 23.1 Å². The summed E-state index contributed by atoms with van der Waals surface area (Å²) in [5, 5.41) is 6.10. The number of nitrogens with one attached hydrogen (secondary N) is 1. The van der Waals surface area contributed by atoms with Gasteiger partial charge in [-0.1, -0.05) is 55.5 Å². The Kier molecular flexibility index (Phi) is 6.15. The molecule has 2 heterocycles. The molecule has 1 amide bonds. The summed E-state index contributed by atoms with van der Waals surface area (Å²) in [5.41, 5.74) is 2.22. The summed E-state index contributed by atoms with van der Waals surface area (Å²) in [6.45, 7) is 3.31. The van der Waals surface area contributed by atoms with Gasteiger partial charge in [-0.05, 0) is 35.6 Å². The van der Waals surface area contributed by atoms with Crippen molar-refractivity contribution in [3.05, 3.63) is 82.6 Å². The van der Waals surface area contributed by atoms with Crippen molar-refractivity contribution in [2.75, 3.05) is 18.0 Å². The van der Waals surface area contributed by atoms with Gasteiger partial charge in [0.05, 0.1) is 18.3 Å². The molecule has 144 valence electrons. The number of rotatable bonds is 5. The number of thioether (sulfide) groups is 1. The highest BCUT2D eigenvalue weighted by molar-refractivity contribution is 8.00. The molecule has 1 aliphatic heterocycles. The minimum atomic E-state index is 0.0284. The summed E-state index contributed by atoms with van der Waals surface area (Å²) in [5.74, 6) is 0.125. The van der Waals surface area contributed by atoms with Gasteiger partial charge in [-0.2, -0.15) is 0 Å². The van der Waals surface area contributed by atoms with Crippen LogP contribution in [-0.2, 0) is 4.79 Å². The second kappa shape index (κ2) is 8.95. The van der Waals surface area contributed by atoms with Crippen LogP contribution in [0.3, 0.4) is 0 Å². The predicted octanol–water partition coefficient (Wildman–Crippen LogP) is 5.34. The average molecular weight is 409 g/mol. The van der Waals surface area contributed by atoms with Crippen LogP contribution in [0, 0.1) is 0 Å². The molecule has 0 aliphatic carbocycles. The van der Waals surface area contributed by atoms with Gasteiger partial charge in [0.15, 0.2) is 0 Å². The first kappa shape index (κ1) is 19.2. The van der Waals surface area contributed by atoms with Crippen molar-refractivity contribution in [2.24, 2.45) is 0 Å². The molecule has 2 aromatic carbocycles. The van der Waals surface area contributed by atoms with Crippen LogP contribution < -0.4 is 10.2 Å². The van der Waals surface area contributed by atoms with Crippen LogP contribution >= 0.6 is 23.1 Å². The maximum Gasteiger partial charge on any atom is 0.240 e. The first-order chi connectivity index (χ1) is 13.7. The van der Waals surface area contributed by atoms with Crippen LogP contribution in [0.25, 0.3) is 0 Å². The number of thiophene rings is 1. The van der Waals surface area contributed by atoms with E-state index in [0.29, 0.717) is 11.8 Å². The highest BCUT2D eigenvalue weighted by Crippen LogP contribution is 2.37. The number of hydrogen-bond donors (Lipinski definition) is 1. The molecule has 0 bridgehead atoms. The minimum Gasteiger partial charge on any atom is -0.310 e. The largest absolute Gasteiger partial charge is 0.310 e. The van der Waals surface area contributed by atoms with E-state index >= 15 is 0 Å². The van der Waals surface area contributed by atoms with E-state index < -0.39 is 0 Å². The Labute approximate surface area is 174 Å². The Bertz CT molecular complexity index is 911. The van der Waals surface area contributed by atoms with Crippen molar-refractivity contribution in [3.8, 4) is 0 Å². The molecular weight excluding hydrogens is 384 g/mol. The lowest BCUT2D eigenvalue weighted by Gasteiger charge is -2.24. The highest BCUT2D eigenvalue weighted by Gasteiger charge is 2.25. The Balaban J connectivity index is 1.53. The van der Waals surface area contributed by atoms with Crippen molar-refractivity contribution >= 4 is 34.7 Å². The molecule has 0 radical (unpaired) electrons. The van der Waals surface area contributed by atoms with E-state index in [-0.39, 0.29) is 11.9 Å². The Morgan fingerprint density at radius 3 is 2.68 bits per heavy atom. The fourth-order valence-electron chi connectivity index (χ4n) is 3.51. The average Bonchev–Trinajstić information content (AvgIpc) is 3.18. The number of para-hydroxylation sites is 1. The molecule has 0 fully saturated rings. The van der Waals surface area contributed by atoms with Crippen LogP contribution in [0.15, 0.2) is 77.0 Å². The lowest BCUT2D eigenvalue weighted by Crippen LogP contribution is -2.40. The molecule has 0 saturated heterocycles. The number of carbonyl (C=O) groups is 1. The van der Waals surface area contributed by atoms with Gasteiger partial charge in [0.25, 0.3) is 0 Å². The van der Waals surface area contributed by atoms with Crippen molar-refractivity contribution < 1.29 is 4.79 Å². The molecule has 3 nitrogen and oxygen atoms in total. The number of anilines is 1. The van der Waals surface area contributed by atoms with Crippen molar-refractivity contribution in [2.45, 2.75) is 29.5 Å². The fraction of sp³-hybridized carbons (Fsp3) is 0.261. The summed E-state index contributed by atoms with van der Waals surface area (Å²) in [6, 6.07) is 22.8. The molecule has 0 spiro atoms. The second-order valence-corrected chi connectivity index (χ2v) is 9.43. The summed E-state index contributed by atoms with van der Waals surface area (Å²) in [4.78, 5) is 17.6. The van der Waals surface area contributed by atoms with Gasteiger partial charge in [0, 0.05) is 21.6 Å². The quantitative estimate of drug-likeness (QED) is 0.618. The Hall–Kier alpha value is -2.08. The molecule has 1 N–H and O–H groups in total. The molecule has 28 heavy (non-hydrogen) atoms. The van der Waals surface area contributed by atoms with Crippen LogP contribution in [0.4, 0.5) is 5.69 Å². The van der Waals surface area contributed by atoms with E-state index in [0.717, 1.165) is 18.7 Å². The van der Waals surface area contributed by atoms with Crippen molar-refractivity contribution in [1.29, 1.82) is 0 Å². The third kappa shape index (κ3) is 4.32. The molecule has 1 aliphatic rings. The number of amides is 1. The zero-order valence-electron chi connectivity index (χ0n) is 15.9. The lowest BCUT2D eigenvalue weighted by atomic mass is 10.1. The number of carbonyl (C=O) groups excluding carboxylic acids is 1. The first-order valence-corrected chi connectivity index (χ1v) is 11.4. The molecule has 3 aromatic rings. The van der Waals surface area contributed by atoms with Crippen LogP contribution in [0.2, 0.25) is 0 Å². The van der Waals surface area contributed by atoms with E-state index in [1.807, 2.05) is 47.0 Å². The third-order valence-electron chi connectivity index (χ3n) is 4.96. The van der Waals surface area contributed by atoms with E-state index in [9.17, 15) is 4.79 Å². The van der Waals surface area contributed by atoms with Crippen LogP contribution in [0.1, 0.15) is 29.8 Å².